The van der Waals surface area contributed by atoms with Crippen molar-refractivity contribution in [3.63, 3.8) is 0 Å². The average Bonchev–Trinajstić information content (AvgIpc) is 2.58. The minimum atomic E-state index is 0.459. The highest BCUT2D eigenvalue weighted by Gasteiger charge is 2.08. The van der Waals surface area contributed by atoms with Gasteiger partial charge in [0, 0.05) is 23.7 Å². The Hall–Kier alpha value is -1.32. The first kappa shape index (κ1) is 10.2. The Morgan fingerprint density at radius 1 is 1.40 bits per heavy atom. The lowest BCUT2D eigenvalue weighted by Crippen LogP contribution is -2.02. The van der Waals surface area contributed by atoms with Crippen LogP contribution in [0.3, 0.4) is 0 Å². The van der Waals surface area contributed by atoms with E-state index in [4.69, 9.17) is 10.7 Å². The first-order chi connectivity index (χ1) is 7.27. The molecule has 0 atom stereocenters. The van der Waals surface area contributed by atoms with Crippen LogP contribution in [-0.2, 0) is 18.0 Å². The second-order valence-electron chi connectivity index (χ2n) is 3.72. The van der Waals surface area contributed by atoms with Gasteiger partial charge in [-0.1, -0.05) is 18.2 Å². The van der Waals surface area contributed by atoms with Gasteiger partial charge in [-0.15, -0.1) is 0 Å². The Bertz CT molecular complexity index is 474. The Kier molecular flexibility index (Phi) is 2.75. The third-order valence-corrected chi connectivity index (χ3v) is 2.76. The summed E-state index contributed by atoms with van der Waals surface area (Å²) in [5.74, 6) is 5.14. The van der Waals surface area contributed by atoms with Gasteiger partial charge in [0.05, 0.1) is 12.1 Å². The molecule has 0 unspecified atom stereocenters. The molecule has 2 rings (SSSR count). The van der Waals surface area contributed by atoms with Crippen molar-refractivity contribution in [2.45, 2.75) is 27.0 Å². The summed E-state index contributed by atoms with van der Waals surface area (Å²) < 4.78 is 2.24. The van der Waals surface area contributed by atoms with Crippen LogP contribution in [0, 0.1) is 6.92 Å². The highest BCUT2D eigenvalue weighted by atomic mass is 16.6. The van der Waals surface area contributed by atoms with E-state index in [-0.39, 0.29) is 0 Å². The molecule has 80 valence electrons. The van der Waals surface area contributed by atoms with Crippen LogP contribution in [0.15, 0.2) is 24.4 Å². The summed E-state index contributed by atoms with van der Waals surface area (Å²) in [5.41, 5.74) is 3.68. The van der Waals surface area contributed by atoms with Crippen LogP contribution >= 0.6 is 0 Å². The van der Waals surface area contributed by atoms with E-state index >= 15 is 0 Å². The molecule has 0 aliphatic heterocycles. The van der Waals surface area contributed by atoms with Gasteiger partial charge in [-0.25, -0.2) is 5.90 Å². The molecular formula is C12H16N2O. The Morgan fingerprint density at radius 2 is 2.20 bits per heavy atom. The largest absolute Gasteiger partial charge is 0.347 e. The van der Waals surface area contributed by atoms with Crippen molar-refractivity contribution in [1.82, 2.24) is 4.57 Å². The number of aryl methyl sites for hydroxylation is 2. The number of nitrogens with two attached hydrogens (primary N) is 1. The Labute approximate surface area is 89.4 Å². The fraction of sp³-hybridized carbons (Fsp3) is 0.333. The van der Waals surface area contributed by atoms with Gasteiger partial charge in [-0.2, -0.15) is 0 Å². The van der Waals surface area contributed by atoms with Crippen molar-refractivity contribution in [1.29, 1.82) is 0 Å². The summed E-state index contributed by atoms with van der Waals surface area (Å²) in [6, 6.07) is 6.24. The number of rotatable bonds is 3. The van der Waals surface area contributed by atoms with Crippen molar-refractivity contribution >= 4 is 10.9 Å². The Balaban J connectivity index is 2.70. The zero-order valence-electron chi connectivity index (χ0n) is 9.16. The van der Waals surface area contributed by atoms with Gasteiger partial charge in [0.2, 0.25) is 0 Å². The van der Waals surface area contributed by atoms with Crippen LogP contribution < -0.4 is 5.90 Å². The molecule has 15 heavy (non-hydrogen) atoms. The molecule has 2 aromatic rings. The molecule has 1 aromatic heterocycles. The van der Waals surface area contributed by atoms with E-state index < -0.39 is 0 Å². The molecule has 0 spiro atoms. The zero-order valence-corrected chi connectivity index (χ0v) is 9.16. The lowest BCUT2D eigenvalue weighted by Gasteiger charge is -2.06. The predicted molar refractivity (Wildman–Crippen MR) is 61.3 cm³/mol. The third-order valence-electron chi connectivity index (χ3n) is 2.76. The Morgan fingerprint density at radius 3 is 2.87 bits per heavy atom. The lowest BCUT2D eigenvalue weighted by molar-refractivity contribution is 0.125. The molecule has 3 nitrogen and oxygen atoms in total. The maximum Gasteiger partial charge on any atom is 0.0950 e. The molecule has 2 N–H and O–H groups in total. The minimum absolute atomic E-state index is 0.459. The number of benzene rings is 1. The molecular weight excluding hydrogens is 188 g/mol. The van der Waals surface area contributed by atoms with E-state index in [1.54, 1.807) is 0 Å². The number of para-hydroxylation sites is 1. The van der Waals surface area contributed by atoms with Gasteiger partial charge in [-0.05, 0) is 19.4 Å². The average molecular weight is 204 g/mol. The predicted octanol–water partition coefficient (Wildman–Crippen LogP) is 2.36. The van der Waals surface area contributed by atoms with Crippen molar-refractivity contribution in [2.24, 2.45) is 5.90 Å². The van der Waals surface area contributed by atoms with E-state index in [2.05, 4.69) is 36.7 Å². The molecule has 0 aliphatic carbocycles. The van der Waals surface area contributed by atoms with Crippen molar-refractivity contribution in [3.05, 3.63) is 35.5 Å². The fourth-order valence-electron chi connectivity index (χ4n) is 2.07. The van der Waals surface area contributed by atoms with Crippen molar-refractivity contribution in [2.75, 3.05) is 0 Å². The van der Waals surface area contributed by atoms with Crippen molar-refractivity contribution in [3.8, 4) is 0 Å². The molecule has 3 heteroatoms. The quantitative estimate of drug-likeness (QED) is 0.780. The molecule has 0 aliphatic rings. The zero-order chi connectivity index (χ0) is 10.8. The van der Waals surface area contributed by atoms with E-state index in [1.807, 2.05) is 6.07 Å². The van der Waals surface area contributed by atoms with Crippen LogP contribution in [-0.4, -0.2) is 4.57 Å². The minimum Gasteiger partial charge on any atom is -0.347 e. The van der Waals surface area contributed by atoms with Gasteiger partial charge in [0.25, 0.3) is 0 Å². The second-order valence-corrected chi connectivity index (χ2v) is 3.72. The number of aromatic nitrogens is 1. The second kappa shape index (κ2) is 4.04. The number of fused-ring (bicyclic) bond motifs is 1. The highest BCUT2D eigenvalue weighted by Crippen LogP contribution is 2.24. The van der Waals surface area contributed by atoms with Crippen LogP contribution in [0.25, 0.3) is 10.9 Å². The number of nitrogens with zero attached hydrogens (tertiary/aromatic N) is 1. The van der Waals surface area contributed by atoms with E-state index in [0.29, 0.717) is 6.61 Å². The molecule has 1 aromatic carbocycles. The molecule has 0 amide bonds. The van der Waals surface area contributed by atoms with Gasteiger partial charge in [0.1, 0.15) is 0 Å². The van der Waals surface area contributed by atoms with Gasteiger partial charge < -0.3 is 4.57 Å². The van der Waals surface area contributed by atoms with Crippen LogP contribution in [0.5, 0.6) is 0 Å². The molecule has 0 fully saturated rings. The van der Waals surface area contributed by atoms with Gasteiger partial charge in [-0.3, -0.25) is 4.84 Å². The van der Waals surface area contributed by atoms with Crippen LogP contribution in [0.2, 0.25) is 0 Å². The molecule has 0 saturated carbocycles. The summed E-state index contributed by atoms with van der Waals surface area (Å²) in [5, 5.41) is 1.28. The van der Waals surface area contributed by atoms with Gasteiger partial charge >= 0.3 is 0 Å². The number of hydrogen-bond donors (Lipinski definition) is 1. The topological polar surface area (TPSA) is 40.2 Å². The standard InChI is InChI=1S/C12H16N2O/c1-3-14-7-9(2)11-6-4-5-10(8-15-13)12(11)14/h4-7H,3,8,13H2,1-2H3. The van der Waals surface area contributed by atoms with Crippen LogP contribution in [0.1, 0.15) is 18.1 Å². The fourth-order valence-corrected chi connectivity index (χ4v) is 2.07. The van der Waals surface area contributed by atoms with E-state index in [1.165, 1.54) is 16.5 Å². The molecule has 1 heterocycles. The summed E-state index contributed by atoms with van der Waals surface area (Å²) in [7, 11) is 0. The summed E-state index contributed by atoms with van der Waals surface area (Å²) in [4.78, 5) is 4.73. The maximum absolute atomic E-state index is 5.14. The molecule has 0 radical (unpaired) electrons. The first-order valence-corrected chi connectivity index (χ1v) is 5.17. The van der Waals surface area contributed by atoms with Crippen molar-refractivity contribution < 1.29 is 4.84 Å². The maximum atomic E-state index is 5.14. The SMILES string of the molecule is CCn1cc(C)c2cccc(CON)c21. The van der Waals surface area contributed by atoms with E-state index in [0.717, 1.165) is 12.1 Å². The highest BCUT2D eigenvalue weighted by molar-refractivity contribution is 5.86. The summed E-state index contributed by atoms with van der Waals surface area (Å²) in [6.07, 6.45) is 2.17. The lowest BCUT2D eigenvalue weighted by atomic mass is 10.1. The summed E-state index contributed by atoms with van der Waals surface area (Å²) in [6.45, 7) is 5.69. The third kappa shape index (κ3) is 1.64. The number of hydrogen-bond acceptors (Lipinski definition) is 2. The van der Waals surface area contributed by atoms with Crippen LogP contribution in [0.4, 0.5) is 0 Å². The smallest absolute Gasteiger partial charge is 0.0950 e. The molecule has 0 saturated heterocycles. The first-order valence-electron chi connectivity index (χ1n) is 5.17. The normalized spacial score (nSPS) is 11.1. The van der Waals surface area contributed by atoms with E-state index in [9.17, 15) is 0 Å². The van der Waals surface area contributed by atoms with Gasteiger partial charge in [0.15, 0.2) is 0 Å². The summed E-state index contributed by atoms with van der Waals surface area (Å²) >= 11 is 0. The molecule has 0 bridgehead atoms. The monoisotopic (exact) mass is 204 g/mol.